The van der Waals surface area contributed by atoms with Crippen LogP contribution >= 0.6 is 0 Å². The van der Waals surface area contributed by atoms with E-state index < -0.39 is 0 Å². The lowest BCUT2D eigenvalue weighted by atomic mass is 9.77. The summed E-state index contributed by atoms with van der Waals surface area (Å²) in [6.07, 6.45) is 5.96. The molecule has 1 saturated heterocycles. The normalized spacial score (nSPS) is 18.2. The molecule has 2 aromatic rings. The number of fused-ring (bicyclic) bond motifs is 1. The Kier molecular flexibility index (Phi) is 4.31. The van der Waals surface area contributed by atoms with Crippen LogP contribution in [-0.2, 0) is 16.6 Å². The summed E-state index contributed by atoms with van der Waals surface area (Å²) in [7, 11) is 0. The van der Waals surface area contributed by atoms with Gasteiger partial charge in [0.1, 0.15) is 0 Å². The van der Waals surface area contributed by atoms with Gasteiger partial charge in [-0.2, -0.15) is 0 Å². The standard InChI is InChI=1S/C25H30O/c1-5-25(16-26-17-25)15-18-13-19-9-8-11-20(22(19)14-18)21-10-6-7-12-23(21)24(2,3)4/h6-12,14H,5,13,15-17H2,1-4H3. The SMILES string of the molecule is CCC1(CC2=Cc3c(cccc3-c3ccccc3C(C)(C)C)C2)COC1. The molecule has 0 unspecified atom stereocenters. The number of ether oxygens (including phenoxy) is 1. The van der Waals surface area contributed by atoms with Crippen molar-refractivity contribution in [3.05, 3.63) is 64.7 Å². The van der Waals surface area contributed by atoms with Gasteiger partial charge in [-0.05, 0) is 52.5 Å². The summed E-state index contributed by atoms with van der Waals surface area (Å²) >= 11 is 0. The molecule has 0 aromatic heterocycles. The summed E-state index contributed by atoms with van der Waals surface area (Å²) in [5, 5.41) is 0. The van der Waals surface area contributed by atoms with Gasteiger partial charge in [-0.15, -0.1) is 0 Å². The summed E-state index contributed by atoms with van der Waals surface area (Å²) in [6.45, 7) is 11.1. The topological polar surface area (TPSA) is 9.23 Å². The highest BCUT2D eigenvalue weighted by Gasteiger charge is 2.38. The minimum atomic E-state index is 0.139. The lowest BCUT2D eigenvalue weighted by Gasteiger charge is -2.41. The largest absolute Gasteiger partial charge is 0.380 e. The van der Waals surface area contributed by atoms with E-state index in [0.29, 0.717) is 5.41 Å². The molecule has 1 heteroatoms. The molecule has 1 nitrogen and oxygen atoms in total. The van der Waals surface area contributed by atoms with E-state index in [-0.39, 0.29) is 5.41 Å². The Bertz CT molecular complexity index is 841. The van der Waals surface area contributed by atoms with E-state index in [4.69, 9.17) is 4.74 Å². The Morgan fingerprint density at radius 1 is 0.962 bits per heavy atom. The van der Waals surface area contributed by atoms with Crippen molar-refractivity contribution >= 4 is 6.08 Å². The quantitative estimate of drug-likeness (QED) is 0.622. The van der Waals surface area contributed by atoms with Crippen LogP contribution in [0.1, 0.15) is 57.2 Å². The van der Waals surface area contributed by atoms with E-state index in [9.17, 15) is 0 Å². The van der Waals surface area contributed by atoms with Crippen LogP contribution in [0.15, 0.2) is 48.0 Å². The number of allylic oxidation sites excluding steroid dienone is 1. The lowest BCUT2D eigenvalue weighted by molar-refractivity contribution is -0.114. The molecule has 2 aliphatic rings. The van der Waals surface area contributed by atoms with Crippen LogP contribution in [0.2, 0.25) is 0 Å². The fourth-order valence-corrected chi connectivity index (χ4v) is 4.46. The zero-order chi connectivity index (χ0) is 18.4. The predicted octanol–water partition coefficient (Wildman–Crippen LogP) is 6.41. The Labute approximate surface area is 158 Å². The van der Waals surface area contributed by atoms with Crippen LogP contribution in [-0.4, -0.2) is 13.2 Å². The molecule has 1 aliphatic heterocycles. The van der Waals surface area contributed by atoms with E-state index in [0.717, 1.165) is 19.6 Å². The van der Waals surface area contributed by atoms with Crippen molar-refractivity contribution in [2.45, 2.75) is 52.4 Å². The average molecular weight is 347 g/mol. The highest BCUT2D eigenvalue weighted by Crippen LogP contribution is 2.44. The molecule has 1 fully saturated rings. The highest BCUT2D eigenvalue weighted by molar-refractivity contribution is 5.82. The minimum Gasteiger partial charge on any atom is -0.380 e. The first-order valence-electron chi connectivity index (χ1n) is 9.91. The second kappa shape index (κ2) is 6.39. The molecule has 0 atom stereocenters. The van der Waals surface area contributed by atoms with E-state index in [1.807, 2.05) is 0 Å². The molecule has 136 valence electrons. The monoisotopic (exact) mass is 346 g/mol. The van der Waals surface area contributed by atoms with Crippen molar-refractivity contribution in [2.24, 2.45) is 5.41 Å². The Morgan fingerprint density at radius 2 is 1.69 bits per heavy atom. The van der Waals surface area contributed by atoms with Crippen molar-refractivity contribution in [1.29, 1.82) is 0 Å². The molecule has 1 aliphatic carbocycles. The van der Waals surface area contributed by atoms with E-state index in [1.165, 1.54) is 40.7 Å². The molecule has 0 spiro atoms. The average Bonchev–Trinajstić information content (AvgIpc) is 3.00. The van der Waals surface area contributed by atoms with Gasteiger partial charge in [0.25, 0.3) is 0 Å². The van der Waals surface area contributed by atoms with Crippen LogP contribution < -0.4 is 0 Å². The van der Waals surface area contributed by atoms with Crippen LogP contribution in [0.25, 0.3) is 17.2 Å². The zero-order valence-electron chi connectivity index (χ0n) is 16.6. The third-order valence-corrected chi connectivity index (χ3v) is 6.16. The second-order valence-electron chi connectivity index (χ2n) is 9.18. The molecule has 0 N–H and O–H groups in total. The molecule has 4 rings (SSSR count). The Morgan fingerprint density at radius 3 is 2.35 bits per heavy atom. The van der Waals surface area contributed by atoms with Gasteiger partial charge in [-0.3, -0.25) is 0 Å². The third kappa shape index (κ3) is 3.03. The molecule has 1 heterocycles. The predicted molar refractivity (Wildman–Crippen MR) is 110 cm³/mol. The maximum atomic E-state index is 5.54. The summed E-state index contributed by atoms with van der Waals surface area (Å²) in [6, 6.07) is 15.7. The van der Waals surface area contributed by atoms with E-state index in [1.54, 1.807) is 5.57 Å². The fraction of sp³-hybridized carbons (Fsp3) is 0.440. The van der Waals surface area contributed by atoms with Crippen molar-refractivity contribution in [3.63, 3.8) is 0 Å². The zero-order valence-corrected chi connectivity index (χ0v) is 16.6. The summed E-state index contributed by atoms with van der Waals surface area (Å²) in [5.74, 6) is 0. The highest BCUT2D eigenvalue weighted by atomic mass is 16.5. The van der Waals surface area contributed by atoms with Crippen molar-refractivity contribution in [1.82, 2.24) is 0 Å². The van der Waals surface area contributed by atoms with Gasteiger partial charge in [0.2, 0.25) is 0 Å². The van der Waals surface area contributed by atoms with Gasteiger partial charge in [-0.1, -0.05) is 81.8 Å². The van der Waals surface area contributed by atoms with Crippen molar-refractivity contribution in [3.8, 4) is 11.1 Å². The summed E-state index contributed by atoms with van der Waals surface area (Å²) in [4.78, 5) is 0. The molecule has 0 bridgehead atoms. The molecule has 26 heavy (non-hydrogen) atoms. The van der Waals surface area contributed by atoms with Gasteiger partial charge >= 0.3 is 0 Å². The maximum Gasteiger partial charge on any atom is 0.0547 e. The first kappa shape index (κ1) is 17.5. The van der Waals surface area contributed by atoms with Crippen LogP contribution in [0.4, 0.5) is 0 Å². The molecule has 2 aromatic carbocycles. The molecule has 0 saturated carbocycles. The van der Waals surface area contributed by atoms with E-state index in [2.05, 4.69) is 76.2 Å². The van der Waals surface area contributed by atoms with Gasteiger partial charge in [0, 0.05) is 5.41 Å². The third-order valence-electron chi connectivity index (χ3n) is 6.16. The molecule has 0 radical (unpaired) electrons. The Hall–Kier alpha value is -1.86. The second-order valence-corrected chi connectivity index (χ2v) is 9.18. The smallest absolute Gasteiger partial charge is 0.0547 e. The van der Waals surface area contributed by atoms with Crippen LogP contribution in [0, 0.1) is 5.41 Å². The first-order chi connectivity index (χ1) is 12.4. The van der Waals surface area contributed by atoms with E-state index >= 15 is 0 Å². The number of hydrogen-bond acceptors (Lipinski definition) is 1. The number of rotatable bonds is 4. The number of hydrogen-bond donors (Lipinski definition) is 0. The maximum absolute atomic E-state index is 5.54. The minimum absolute atomic E-state index is 0.139. The lowest BCUT2D eigenvalue weighted by Crippen LogP contribution is -2.42. The summed E-state index contributed by atoms with van der Waals surface area (Å²) in [5.41, 5.74) is 9.21. The Balaban J connectivity index is 1.74. The van der Waals surface area contributed by atoms with Gasteiger partial charge in [-0.25, -0.2) is 0 Å². The van der Waals surface area contributed by atoms with Crippen LogP contribution in [0.3, 0.4) is 0 Å². The molecule has 0 amide bonds. The van der Waals surface area contributed by atoms with Crippen molar-refractivity contribution in [2.75, 3.05) is 13.2 Å². The number of benzene rings is 2. The summed E-state index contributed by atoms with van der Waals surface area (Å²) < 4.78 is 5.54. The first-order valence-corrected chi connectivity index (χ1v) is 9.91. The van der Waals surface area contributed by atoms with Gasteiger partial charge in [0.05, 0.1) is 13.2 Å². The van der Waals surface area contributed by atoms with Gasteiger partial charge < -0.3 is 4.74 Å². The van der Waals surface area contributed by atoms with Crippen molar-refractivity contribution < 1.29 is 4.74 Å². The fourth-order valence-electron chi connectivity index (χ4n) is 4.46. The van der Waals surface area contributed by atoms with Gasteiger partial charge in [0.15, 0.2) is 0 Å². The van der Waals surface area contributed by atoms with Crippen LogP contribution in [0.5, 0.6) is 0 Å². The molecular weight excluding hydrogens is 316 g/mol. The molecular formula is C25H30O.